The number of benzene rings is 1. The number of hydrogen-bond donors (Lipinski definition) is 2. The number of aromatic amines is 1. The Morgan fingerprint density at radius 1 is 1.20 bits per heavy atom. The van der Waals surface area contributed by atoms with Crippen LogP contribution in [-0.2, 0) is 19.6 Å². The summed E-state index contributed by atoms with van der Waals surface area (Å²) in [6.45, 7) is 11.4. The van der Waals surface area contributed by atoms with Gasteiger partial charge >= 0.3 is 5.97 Å². The molecule has 40 heavy (non-hydrogen) atoms. The molecule has 0 bridgehead atoms. The van der Waals surface area contributed by atoms with Gasteiger partial charge in [0.15, 0.2) is 11.3 Å². The van der Waals surface area contributed by atoms with Crippen LogP contribution in [0.1, 0.15) is 71.3 Å². The lowest BCUT2D eigenvalue weighted by atomic mass is 10.0. The number of H-pyrrole nitrogens is 1. The van der Waals surface area contributed by atoms with E-state index >= 15 is 0 Å². The molecule has 0 aliphatic rings. The second kappa shape index (κ2) is 13.6. The standard InChI is InChI=1S/C27H39N5O6S2/c1-8-18(9-2)25-28-17(6)23-26(33)29-24(30-32(23)25)20-15-19(11-12-22(20)37-10-3)40(35,36)31-21(13-14-39-7)27(34)38-16(4)5/h11-12,15-16,18,21,31H,8-10,13-14H2,1-7H3,(H,29,30,33). The fourth-order valence-electron chi connectivity index (χ4n) is 4.41. The number of nitrogens with zero attached hydrogens (tertiary/aromatic N) is 3. The molecule has 2 N–H and O–H groups in total. The SMILES string of the molecule is CCOc1ccc(S(=O)(=O)NC(CCSC)C(=O)OC(C)C)cc1-c1nn2c(C(CC)CC)nc(C)c2c(=O)[nH]1. The predicted molar refractivity (Wildman–Crippen MR) is 157 cm³/mol. The van der Waals surface area contributed by atoms with Gasteiger partial charge in [-0.2, -0.15) is 16.5 Å². The van der Waals surface area contributed by atoms with Crippen LogP contribution in [0.2, 0.25) is 0 Å². The normalized spacial score (nSPS) is 12.8. The van der Waals surface area contributed by atoms with Gasteiger partial charge in [-0.15, -0.1) is 5.10 Å². The first kappa shape index (κ1) is 31.6. The maximum atomic E-state index is 13.5. The molecule has 0 saturated heterocycles. The monoisotopic (exact) mass is 593 g/mol. The number of nitrogens with one attached hydrogen (secondary N) is 2. The van der Waals surface area contributed by atoms with Crippen molar-refractivity contribution >= 4 is 33.3 Å². The maximum absolute atomic E-state index is 13.5. The van der Waals surface area contributed by atoms with Crippen LogP contribution in [0.4, 0.5) is 0 Å². The van der Waals surface area contributed by atoms with Crippen LogP contribution in [0.3, 0.4) is 0 Å². The van der Waals surface area contributed by atoms with Crippen LogP contribution >= 0.6 is 11.8 Å². The molecule has 0 saturated carbocycles. The van der Waals surface area contributed by atoms with Crippen molar-refractivity contribution < 1.29 is 22.7 Å². The number of aromatic nitrogens is 4. The Morgan fingerprint density at radius 2 is 1.90 bits per heavy atom. The number of carbonyl (C=O) groups excluding carboxylic acids is 1. The van der Waals surface area contributed by atoms with E-state index in [4.69, 9.17) is 14.6 Å². The van der Waals surface area contributed by atoms with Crippen molar-refractivity contribution in [2.45, 2.75) is 83.8 Å². The molecule has 3 aromatic rings. The number of thioether (sulfide) groups is 1. The molecule has 2 heterocycles. The van der Waals surface area contributed by atoms with Gasteiger partial charge in [0.2, 0.25) is 10.0 Å². The van der Waals surface area contributed by atoms with Gasteiger partial charge in [-0.05, 0) is 77.2 Å². The molecular formula is C27H39N5O6S2. The van der Waals surface area contributed by atoms with Crippen molar-refractivity contribution in [2.75, 3.05) is 18.6 Å². The Kier molecular flexibility index (Phi) is 10.8. The molecule has 2 aromatic heterocycles. The maximum Gasteiger partial charge on any atom is 0.324 e. The van der Waals surface area contributed by atoms with Crippen molar-refractivity contribution in [3.63, 3.8) is 0 Å². The van der Waals surface area contributed by atoms with Gasteiger partial charge in [0.1, 0.15) is 17.6 Å². The minimum absolute atomic E-state index is 0.0921. The van der Waals surface area contributed by atoms with Crippen LogP contribution in [-0.4, -0.2) is 64.7 Å². The summed E-state index contributed by atoms with van der Waals surface area (Å²) in [5.74, 6) is 1.18. The van der Waals surface area contributed by atoms with Gasteiger partial charge in [-0.1, -0.05) is 13.8 Å². The summed E-state index contributed by atoms with van der Waals surface area (Å²) in [7, 11) is -4.17. The highest BCUT2D eigenvalue weighted by atomic mass is 32.2. The Morgan fingerprint density at radius 3 is 2.50 bits per heavy atom. The first-order valence-electron chi connectivity index (χ1n) is 13.5. The van der Waals surface area contributed by atoms with E-state index in [2.05, 4.69) is 28.5 Å². The summed E-state index contributed by atoms with van der Waals surface area (Å²) >= 11 is 1.50. The van der Waals surface area contributed by atoms with Crippen LogP contribution in [0, 0.1) is 6.92 Å². The lowest BCUT2D eigenvalue weighted by Crippen LogP contribution is -2.42. The highest BCUT2D eigenvalue weighted by molar-refractivity contribution is 7.98. The molecule has 1 aromatic carbocycles. The van der Waals surface area contributed by atoms with Crippen molar-refractivity contribution in [2.24, 2.45) is 0 Å². The van der Waals surface area contributed by atoms with Crippen LogP contribution in [0.5, 0.6) is 5.75 Å². The quantitative estimate of drug-likeness (QED) is 0.265. The van der Waals surface area contributed by atoms with Crippen LogP contribution in [0.15, 0.2) is 27.9 Å². The highest BCUT2D eigenvalue weighted by Gasteiger charge is 2.29. The summed E-state index contributed by atoms with van der Waals surface area (Å²) < 4.78 is 42.1. The average Bonchev–Trinajstić information content (AvgIpc) is 3.23. The zero-order valence-electron chi connectivity index (χ0n) is 24.1. The first-order valence-corrected chi connectivity index (χ1v) is 16.3. The predicted octanol–water partition coefficient (Wildman–Crippen LogP) is 4.05. The molecule has 0 aliphatic carbocycles. The fourth-order valence-corrected chi connectivity index (χ4v) is 6.12. The van der Waals surface area contributed by atoms with Crippen molar-refractivity contribution in [1.82, 2.24) is 24.3 Å². The largest absolute Gasteiger partial charge is 0.493 e. The Hall–Kier alpha value is -2.90. The fraction of sp³-hybridized carbons (Fsp3) is 0.556. The second-order valence-corrected chi connectivity index (χ2v) is 12.4. The summed E-state index contributed by atoms with van der Waals surface area (Å²) in [5.41, 5.74) is 0.803. The zero-order chi connectivity index (χ0) is 29.6. The molecule has 0 fully saturated rings. The average molecular weight is 594 g/mol. The van der Waals surface area contributed by atoms with E-state index in [1.807, 2.05) is 6.26 Å². The third kappa shape index (κ3) is 7.05. The molecule has 3 rings (SSSR count). The van der Waals surface area contributed by atoms with Crippen LogP contribution in [0.25, 0.3) is 16.9 Å². The van der Waals surface area contributed by atoms with E-state index in [1.165, 1.54) is 30.0 Å². The van der Waals surface area contributed by atoms with E-state index < -0.39 is 27.6 Å². The summed E-state index contributed by atoms with van der Waals surface area (Å²) in [6, 6.07) is 3.24. The first-order chi connectivity index (χ1) is 19.0. The number of hydrogen-bond acceptors (Lipinski definition) is 9. The molecular weight excluding hydrogens is 554 g/mol. The van der Waals surface area contributed by atoms with Gasteiger partial charge < -0.3 is 14.5 Å². The molecule has 13 heteroatoms. The van der Waals surface area contributed by atoms with Crippen LogP contribution < -0.4 is 15.0 Å². The summed E-state index contributed by atoms with van der Waals surface area (Å²) in [4.78, 5) is 33.2. The van der Waals surface area contributed by atoms with Gasteiger partial charge in [0.05, 0.1) is 28.9 Å². The van der Waals surface area contributed by atoms with E-state index in [9.17, 15) is 18.0 Å². The third-order valence-electron chi connectivity index (χ3n) is 6.41. The molecule has 1 atom stereocenters. The Bertz CT molecular complexity index is 1500. The van der Waals surface area contributed by atoms with E-state index in [-0.39, 0.29) is 34.7 Å². The number of aryl methyl sites for hydroxylation is 1. The Labute approximate surface area is 239 Å². The van der Waals surface area contributed by atoms with Crippen molar-refractivity contribution in [1.29, 1.82) is 0 Å². The van der Waals surface area contributed by atoms with E-state index in [1.54, 1.807) is 32.2 Å². The molecule has 1 unspecified atom stereocenters. The summed E-state index contributed by atoms with van der Waals surface area (Å²) in [6.07, 6.45) is 3.39. The number of rotatable bonds is 14. The molecule has 0 spiro atoms. The lowest BCUT2D eigenvalue weighted by molar-refractivity contribution is -0.149. The van der Waals surface area contributed by atoms with Crippen molar-refractivity contribution in [3.8, 4) is 17.1 Å². The Balaban J connectivity index is 2.14. The third-order valence-corrected chi connectivity index (χ3v) is 8.53. The lowest BCUT2D eigenvalue weighted by Gasteiger charge is -2.19. The van der Waals surface area contributed by atoms with Gasteiger partial charge in [0, 0.05) is 5.92 Å². The second-order valence-electron chi connectivity index (χ2n) is 9.66. The highest BCUT2D eigenvalue weighted by Crippen LogP contribution is 2.31. The number of carbonyl (C=O) groups is 1. The topological polar surface area (TPSA) is 145 Å². The number of fused-ring (bicyclic) bond motifs is 1. The number of imidazole rings is 1. The van der Waals surface area contributed by atoms with Crippen molar-refractivity contribution in [3.05, 3.63) is 40.1 Å². The number of ether oxygens (including phenoxy) is 2. The molecule has 0 amide bonds. The van der Waals surface area contributed by atoms with E-state index in [0.29, 0.717) is 35.1 Å². The minimum Gasteiger partial charge on any atom is -0.493 e. The van der Waals surface area contributed by atoms with Gasteiger partial charge in [-0.25, -0.2) is 17.9 Å². The van der Waals surface area contributed by atoms with Gasteiger partial charge in [-0.3, -0.25) is 9.59 Å². The molecule has 0 aliphatic heterocycles. The zero-order valence-corrected chi connectivity index (χ0v) is 25.7. The van der Waals surface area contributed by atoms with E-state index in [0.717, 1.165) is 12.8 Å². The number of sulfonamides is 1. The molecule has 0 radical (unpaired) electrons. The van der Waals surface area contributed by atoms with Gasteiger partial charge in [0.25, 0.3) is 5.56 Å². The molecule has 11 nitrogen and oxygen atoms in total. The smallest absolute Gasteiger partial charge is 0.324 e. The number of esters is 1. The molecule has 220 valence electrons. The summed E-state index contributed by atoms with van der Waals surface area (Å²) in [5, 5.41) is 4.70. The minimum atomic E-state index is -4.17.